The molecule has 0 N–H and O–H groups in total. The summed E-state index contributed by atoms with van der Waals surface area (Å²) in [7, 11) is 0. The average Bonchev–Trinajstić information content (AvgIpc) is 3.42. The van der Waals surface area contributed by atoms with Gasteiger partial charge in [-0.1, -0.05) is 48.5 Å². The first kappa shape index (κ1) is 17.8. The number of rotatable bonds is 2. The van der Waals surface area contributed by atoms with Crippen LogP contribution in [0.5, 0.6) is 0 Å². The van der Waals surface area contributed by atoms with Gasteiger partial charge in [-0.05, 0) is 52.4 Å². The van der Waals surface area contributed by atoms with Crippen molar-refractivity contribution < 1.29 is 9.21 Å². The van der Waals surface area contributed by atoms with Crippen LogP contribution >= 0.6 is 11.8 Å². The van der Waals surface area contributed by atoms with Gasteiger partial charge in [0.1, 0.15) is 16.5 Å². The lowest BCUT2D eigenvalue weighted by molar-refractivity contribution is 0.0757. The molecule has 148 valence electrons. The first-order valence-electron chi connectivity index (χ1n) is 10.2. The number of carbonyl (C=O) groups is 1. The smallest absolute Gasteiger partial charge is 0.349 e. The van der Waals surface area contributed by atoms with Gasteiger partial charge in [-0.15, -0.1) is 11.8 Å². The van der Waals surface area contributed by atoms with Crippen molar-refractivity contribution in [1.29, 1.82) is 0 Å². The van der Waals surface area contributed by atoms with E-state index in [2.05, 4.69) is 30.3 Å². The van der Waals surface area contributed by atoms with E-state index < -0.39 is 5.63 Å². The van der Waals surface area contributed by atoms with E-state index in [1.807, 2.05) is 23.1 Å². The number of thioether (sulfide) groups is 1. The molecule has 1 aromatic heterocycles. The van der Waals surface area contributed by atoms with Crippen LogP contribution in [-0.4, -0.2) is 23.1 Å². The molecule has 0 spiro atoms. The second kappa shape index (κ2) is 6.74. The van der Waals surface area contributed by atoms with Crippen LogP contribution in [0.2, 0.25) is 0 Å². The summed E-state index contributed by atoms with van der Waals surface area (Å²) in [5, 5.41) is 3.23. The van der Waals surface area contributed by atoms with E-state index in [1.165, 1.54) is 21.9 Å². The number of benzene rings is 3. The number of carbonyl (C=O) groups excluding carboxylic acids is 1. The highest BCUT2D eigenvalue weighted by molar-refractivity contribution is 7.99. The number of fused-ring (bicyclic) bond motifs is 1. The van der Waals surface area contributed by atoms with Crippen LogP contribution in [0.15, 0.2) is 69.9 Å². The lowest BCUT2D eigenvalue weighted by Crippen LogP contribution is -2.33. The Kier molecular flexibility index (Phi) is 4.00. The summed E-state index contributed by atoms with van der Waals surface area (Å²) in [6.07, 6.45) is 2.16. The maximum Gasteiger partial charge on any atom is 0.349 e. The molecule has 0 bridgehead atoms. The topological polar surface area (TPSA) is 50.5 Å². The Bertz CT molecular complexity index is 1380. The molecule has 1 aliphatic carbocycles. The zero-order valence-electron chi connectivity index (χ0n) is 16.3. The number of hydrogen-bond donors (Lipinski definition) is 0. The van der Waals surface area contributed by atoms with Gasteiger partial charge in [-0.2, -0.15) is 0 Å². The number of nitrogens with zero attached hydrogens (tertiary/aromatic N) is 1. The van der Waals surface area contributed by atoms with E-state index in [0.29, 0.717) is 12.1 Å². The maximum atomic E-state index is 13.4. The van der Waals surface area contributed by atoms with Crippen LogP contribution in [0.4, 0.5) is 0 Å². The van der Waals surface area contributed by atoms with Gasteiger partial charge >= 0.3 is 5.63 Å². The molecule has 0 unspecified atom stereocenters. The minimum Gasteiger partial charge on any atom is -0.422 e. The standard InChI is InChI=1S/C25H19NO3S/c27-23(20-14-17-4-1-2-7-21(17)29-25(20)28)26-12-13-30-24(26)19-11-10-16-9-8-15-5-3-6-18(19)22(15)16/h1-7,10-11,14,24H,8-9,12-13H2/t24-/m1/s1. The Hall–Kier alpha value is -3.05. The Labute approximate surface area is 177 Å². The molecule has 1 atom stereocenters. The molecule has 2 aliphatic rings. The van der Waals surface area contributed by atoms with Crippen molar-refractivity contribution in [3.05, 3.63) is 93.3 Å². The fraction of sp³-hybridized carbons (Fsp3) is 0.200. The van der Waals surface area contributed by atoms with Gasteiger partial charge in [-0.25, -0.2) is 4.79 Å². The van der Waals surface area contributed by atoms with Crippen LogP contribution in [0, 0.1) is 0 Å². The molecule has 1 saturated heterocycles. The van der Waals surface area contributed by atoms with Crippen molar-refractivity contribution in [2.24, 2.45) is 0 Å². The van der Waals surface area contributed by atoms with Crippen molar-refractivity contribution in [1.82, 2.24) is 4.90 Å². The van der Waals surface area contributed by atoms with Gasteiger partial charge in [-0.3, -0.25) is 4.79 Å². The van der Waals surface area contributed by atoms with Gasteiger partial charge in [0.2, 0.25) is 0 Å². The maximum absolute atomic E-state index is 13.4. The molecular weight excluding hydrogens is 394 g/mol. The third-order valence-electron chi connectivity index (χ3n) is 6.20. The predicted molar refractivity (Wildman–Crippen MR) is 120 cm³/mol. The van der Waals surface area contributed by atoms with Crippen LogP contribution in [-0.2, 0) is 12.8 Å². The van der Waals surface area contributed by atoms with Crippen LogP contribution in [0.1, 0.15) is 32.4 Å². The van der Waals surface area contributed by atoms with Crippen LogP contribution < -0.4 is 5.63 Å². The molecular formula is C25H19NO3S. The highest BCUT2D eigenvalue weighted by Gasteiger charge is 2.34. The van der Waals surface area contributed by atoms with Gasteiger partial charge < -0.3 is 9.32 Å². The largest absolute Gasteiger partial charge is 0.422 e. The minimum atomic E-state index is -0.574. The predicted octanol–water partition coefficient (Wildman–Crippen LogP) is 4.93. The Morgan fingerprint density at radius 3 is 2.73 bits per heavy atom. The Morgan fingerprint density at radius 2 is 1.83 bits per heavy atom. The molecule has 5 heteroatoms. The summed E-state index contributed by atoms with van der Waals surface area (Å²) >= 11 is 1.76. The van der Waals surface area contributed by atoms with E-state index in [1.54, 1.807) is 23.9 Å². The minimum absolute atomic E-state index is 0.103. The Morgan fingerprint density at radius 1 is 1.00 bits per heavy atom. The van der Waals surface area contributed by atoms with E-state index >= 15 is 0 Å². The molecule has 2 heterocycles. The number of hydrogen-bond acceptors (Lipinski definition) is 4. The molecule has 1 aliphatic heterocycles. The summed E-state index contributed by atoms with van der Waals surface area (Å²) < 4.78 is 5.41. The first-order valence-corrected chi connectivity index (χ1v) is 11.2. The van der Waals surface area contributed by atoms with Crippen molar-refractivity contribution >= 4 is 39.4 Å². The van der Waals surface area contributed by atoms with Crippen molar-refractivity contribution in [2.45, 2.75) is 18.2 Å². The van der Waals surface area contributed by atoms with E-state index in [9.17, 15) is 9.59 Å². The molecule has 1 fully saturated rings. The lowest BCUT2D eigenvalue weighted by atomic mass is 9.99. The molecule has 3 aromatic carbocycles. The Balaban J connectivity index is 1.45. The van der Waals surface area contributed by atoms with Crippen LogP contribution in [0.25, 0.3) is 21.7 Å². The zero-order chi connectivity index (χ0) is 20.2. The molecule has 4 aromatic rings. The zero-order valence-corrected chi connectivity index (χ0v) is 17.1. The summed E-state index contributed by atoms with van der Waals surface area (Å²) in [5.41, 5.74) is 3.96. The highest BCUT2D eigenvalue weighted by atomic mass is 32.2. The second-order valence-corrected chi connectivity index (χ2v) is 9.05. The summed E-state index contributed by atoms with van der Waals surface area (Å²) in [6, 6.07) is 19.8. The normalized spacial score (nSPS) is 17.9. The monoisotopic (exact) mass is 413 g/mol. The van der Waals surface area contributed by atoms with Crippen molar-refractivity contribution in [2.75, 3.05) is 12.3 Å². The number of para-hydroxylation sites is 1. The molecule has 0 radical (unpaired) electrons. The SMILES string of the molecule is O=C(c1cc2ccccc2oc1=O)N1CCS[C@@H]1c1ccc2c3c(cccc13)CC2. The second-order valence-electron chi connectivity index (χ2n) is 7.86. The molecule has 4 nitrogen and oxygen atoms in total. The molecule has 0 saturated carbocycles. The third-order valence-corrected chi connectivity index (χ3v) is 7.44. The lowest BCUT2D eigenvalue weighted by Gasteiger charge is -2.25. The van der Waals surface area contributed by atoms with E-state index in [4.69, 9.17) is 4.42 Å². The van der Waals surface area contributed by atoms with E-state index in [0.717, 1.165) is 29.5 Å². The fourth-order valence-electron chi connectivity index (χ4n) is 4.79. The quantitative estimate of drug-likeness (QED) is 0.437. The van der Waals surface area contributed by atoms with Crippen LogP contribution in [0.3, 0.4) is 0 Å². The highest BCUT2D eigenvalue weighted by Crippen LogP contribution is 2.44. The van der Waals surface area contributed by atoms with Gasteiger partial charge in [0.05, 0.1) is 0 Å². The fourth-order valence-corrected chi connectivity index (χ4v) is 6.08. The van der Waals surface area contributed by atoms with Crippen molar-refractivity contribution in [3.8, 4) is 0 Å². The summed E-state index contributed by atoms with van der Waals surface area (Å²) in [5.74, 6) is 0.589. The van der Waals surface area contributed by atoms with Gasteiger partial charge in [0, 0.05) is 17.7 Å². The third kappa shape index (κ3) is 2.62. The van der Waals surface area contributed by atoms with Gasteiger partial charge in [0.15, 0.2) is 0 Å². The summed E-state index contributed by atoms with van der Waals surface area (Å²) in [6.45, 7) is 0.614. The van der Waals surface area contributed by atoms with Gasteiger partial charge in [0.25, 0.3) is 5.91 Å². The van der Waals surface area contributed by atoms with Crippen molar-refractivity contribution in [3.63, 3.8) is 0 Å². The number of amides is 1. The summed E-state index contributed by atoms with van der Waals surface area (Å²) in [4.78, 5) is 27.8. The molecule has 6 rings (SSSR count). The average molecular weight is 413 g/mol. The number of aryl methyl sites for hydroxylation is 2. The molecule has 30 heavy (non-hydrogen) atoms. The van der Waals surface area contributed by atoms with E-state index in [-0.39, 0.29) is 16.8 Å². The first-order chi connectivity index (χ1) is 14.7. The molecule has 1 amide bonds.